The zero-order valence-electron chi connectivity index (χ0n) is 10.4. The molecule has 0 saturated carbocycles. The summed E-state index contributed by atoms with van der Waals surface area (Å²) in [5, 5.41) is 6.13. The van der Waals surface area contributed by atoms with E-state index < -0.39 is 5.82 Å². The van der Waals surface area contributed by atoms with Crippen LogP contribution in [0.5, 0.6) is 0 Å². The lowest BCUT2D eigenvalue weighted by Gasteiger charge is -2.19. The molecular formula is C14H14Cl2FNS. The Morgan fingerprint density at radius 1 is 1.32 bits per heavy atom. The summed E-state index contributed by atoms with van der Waals surface area (Å²) in [6, 6.07) is 6.53. The van der Waals surface area contributed by atoms with Gasteiger partial charge < -0.3 is 5.32 Å². The van der Waals surface area contributed by atoms with Crippen LogP contribution in [0.4, 0.5) is 4.39 Å². The number of nitrogens with one attached hydrogen (secondary N) is 1. The van der Waals surface area contributed by atoms with Crippen molar-refractivity contribution in [3.8, 4) is 0 Å². The van der Waals surface area contributed by atoms with Crippen molar-refractivity contribution in [2.45, 2.75) is 19.4 Å². The summed E-state index contributed by atoms with van der Waals surface area (Å²) >= 11 is 13.8. The summed E-state index contributed by atoms with van der Waals surface area (Å²) < 4.78 is 13.6. The highest BCUT2D eigenvalue weighted by atomic mass is 35.5. The summed E-state index contributed by atoms with van der Waals surface area (Å²) in [6.45, 7) is 2.89. The molecule has 102 valence electrons. The second-order valence-electron chi connectivity index (χ2n) is 4.16. The van der Waals surface area contributed by atoms with Gasteiger partial charge in [-0.2, -0.15) is 0 Å². The summed E-state index contributed by atoms with van der Waals surface area (Å²) in [6.07, 6.45) is 0.979. The molecule has 0 saturated heterocycles. The predicted octanol–water partition coefficient (Wildman–Crippen LogP) is 5.28. The Hall–Kier alpha value is -0.610. The third-order valence-electron chi connectivity index (χ3n) is 2.80. The van der Waals surface area contributed by atoms with Crippen LogP contribution in [-0.4, -0.2) is 6.54 Å². The number of rotatable bonds is 5. The largest absolute Gasteiger partial charge is 0.306 e. The molecule has 19 heavy (non-hydrogen) atoms. The lowest BCUT2D eigenvalue weighted by molar-refractivity contribution is 0.591. The van der Waals surface area contributed by atoms with Crippen molar-refractivity contribution in [1.29, 1.82) is 0 Å². The highest BCUT2D eigenvalue weighted by Gasteiger charge is 2.21. The minimum absolute atomic E-state index is 0.153. The van der Waals surface area contributed by atoms with Crippen LogP contribution in [0.1, 0.15) is 29.8 Å². The summed E-state index contributed by atoms with van der Waals surface area (Å²) in [7, 11) is 0. The molecule has 0 spiro atoms. The van der Waals surface area contributed by atoms with Crippen LogP contribution < -0.4 is 5.32 Å². The van der Waals surface area contributed by atoms with Crippen molar-refractivity contribution in [3.63, 3.8) is 0 Å². The van der Waals surface area contributed by atoms with E-state index >= 15 is 0 Å². The Bertz CT molecular complexity index is 556. The third kappa shape index (κ3) is 3.29. The summed E-state index contributed by atoms with van der Waals surface area (Å²) in [5.41, 5.74) is 0.722. The second kappa shape index (κ2) is 6.71. The van der Waals surface area contributed by atoms with E-state index in [1.807, 2.05) is 17.5 Å². The van der Waals surface area contributed by atoms with E-state index in [2.05, 4.69) is 12.2 Å². The Morgan fingerprint density at radius 3 is 2.74 bits per heavy atom. The molecule has 1 N–H and O–H groups in total. The molecule has 1 atom stereocenters. The van der Waals surface area contributed by atoms with Gasteiger partial charge in [-0.25, -0.2) is 4.39 Å². The van der Waals surface area contributed by atoms with Gasteiger partial charge in [-0.1, -0.05) is 42.3 Å². The van der Waals surface area contributed by atoms with Gasteiger partial charge in [0.2, 0.25) is 0 Å². The highest BCUT2D eigenvalue weighted by Crippen LogP contribution is 2.36. The molecule has 0 aliphatic carbocycles. The summed E-state index contributed by atoms with van der Waals surface area (Å²) in [4.78, 5) is 0.961. The first kappa shape index (κ1) is 14.8. The predicted molar refractivity (Wildman–Crippen MR) is 80.9 cm³/mol. The molecule has 1 unspecified atom stereocenters. The first-order valence-corrected chi connectivity index (χ1v) is 7.69. The van der Waals surface area contributed by atoms with Crippen LogP contribution in [0.15, 0.2) is 29.6 Å². The second-order valence-corrected chi connectivity index (χ2v) is 5.90. The van der Waals surface area contributed by atoms with E-state index in [1.54, 1.807) is 17.4 Å². The van der Waals surface area contributed by atoms with Crippen molar-refractivity contribution >= 4 is 34.5 Å². The topological polar surface area (TPSA) is 12.0 Å². The van der Waals surface area contributed by atoms with Gasteiger partial charge in [-0.15, -0.1) is 11.3 Å². The quantitative estimate of drug-likeness (QED) is 0.790. The smallest absolute Gasteiger partial charge is 0.142 e. The van der Waals surface area contributed by atoms with Crippen molar-refractivity contribution in [2.24, 2.45) is 0 Å². The van der Waals surface area contributed by atoms with Gasteiger partial charge in [0.1, 0.15) is 5.82 Å². The van der Waals surface area contributed by atoms with Gasteiger partial charge in [0, 0.05) is 4.88 Å². The molecule has 5 heteroatoms. The van der Waals surface area contributed by atoms with Crippen LogP contribution in [0.2, 0.25) is 10.0 Å². The van der Waals surface area contributed by atoms with Crippen LogP contribution in [0.3, 0.4) is 0 Å². The number of benzene rings is 1. The van der Waals surface area contributed by atoms with Gasteiger partial charge in [0.05, 0.1) is 16.1 Å². The average molecular weight is 318 g/mol. The van der Waals surface area contributed by atoms with Gasteiger partial charge in [0.25, 0.3) is 0 Å². The van der Waals surface area contributed by atoms with E-state index in [0.29, 0.717) is 5.02 Å². The molecule has 1 aromatic carbocycles. The number of halogens is 3. The van der Waals surface area contributed by atoms with Gasteiger partial charge in [-0.05, 0) is 36.0 Å². The molecule has 0 bridgehead atoms. The molecule has 1 aromatic heterocycles. The van der Waals surface area contributed by atoms with Crippen molar-refractivity contribution < 1.29 is 4.39 Å². The zero-order valence-corrected chi connectivity index (χ0v) is 12.7. The Kier molecular flexibility index (Phi) is 5.22. The van der Waals surface area contributed by atoms with Crippen molar-refractivity contribution in [2.75, 3.05) is 6.54 Å². The zero-order chi connectivity index (χ0) is 13.8. The van der Waals surface area contributed by atoms with E-state index in [-0.39, 0.29) is 11.1 Å². The molecule has 0 aliphatic heterocycles. The number of thiophene rings is 1. The molecule has 1 nitrogen and oxygen atoms in total. The monoisotopic (exact) mass is 317 g/mol. The minimum Gasteiger partial charge on any atom is -0.306 e. The Balaban J connectivity index is 2.43. The lowest BCUT2D eigenvalue weighted by Crippen LogP contribution is -2.23. The number of hydrogen-bond acceptors (Lipinski definition) is 2. The molecule has 0 aliphatic rings. The third-order valence-corrected chi connectivity index (χ3v) is 4.62. The van der Waals surface area contributed by atoms with Crippen LogP contribution >= 0.6 is 34.5 Å². The molecule has 2 aromatic rings. The van der Waals surface area contributed by atoms with Gasteiger partial charge in [0.15, 0.2) is 0 Å². The normalized spacial score (nSPS) is 12.6. The van der Waals surface area contributed by atoms with Crippen LogP contribution in [0.25, 0.3) is 0 Å². The molecule has 1 heterocycles. The Labute approximate surface area is 126 Å². The fourth-order valence-electron chi connectivity index (χ4n) is 1.89. The standard InChI is InChI=1S/C14H14Cl2FNS/c1-2-7-18-13(14-10(15)6-8-19-14)9-4-3-5-11(17)12(9)16/h3-6,8,13,18H,2,7H2,1H3. The van der Waals surface area contributed by atoms with Gasteiger partial charge in [-0.3, -0.25) is 0 Å². The van der Waals surface area contributed by atoms with Crippen LogP contribution in [0, 0.1) is 5.82 Å². The van der Waals surface area contributed by atoms with Gasteiger partial charge >= 0.3 is 0 Å². The molecule has 2 rings (SSSR count). The average Bonchev–Trinajstić information content (AvgIpc) is 2.81. The van der Waals surface area contributed by atoms with Crippen molar-refractivity contribution in [1.82, 2.24) is 5.32 Å². The number of hydrogen-bond donors (Lipinski definition) is 1. The van der Waals surface area contributed by atoms with E-state index in [4.69, 9.17) is 23.2 Å². The first-order valence-electron chi connectivity index (χ1n) is 6.05. The molecular weight excluding hydrogens is 304 g/mol. The minimum atomic E-state index is -0.407. The highest BCUT2D eigenvalue weighted by molar-refractivity contribution is 7.10. The fraction of sp³-hybridized carbons (Fsp3) is 0.286. The molecule has 0 fully saturated rings. The maximum atomic E-state index is 13.6. The van der Waals surface area contributed by atoms with E-state index in [9.17, 15) is 4.39 Å². The fourth-order valence-corrected chi connectivity index (χ4v) is 3.38. The SMILES string of the molecule is CCCNC(c1cccc(F)c1Cl)c1sccc1Cl. The van der Waals surface area contributed by atoms with Crippen LogP contribution in [-0.2, 0) is 0 Å². The first-order chi connectivity index (χ1) is 9.15. The molecule has 0 amide bonds. The molecule has 0 radical (unpaired) electrons. The van der Waals surface area contributed by atoms with E-state index in [1.165, 1.54) is 6.07 Å². The van der Waals surface area contributed by atoms with E-state index in [0.717, 1.165) is 23.4 Å². The Morgan fingerprint density at radius 2 is 2.11 bits per heavy atom. The maximum absolute atomic E-state index is 13.6. The summed E-state index contributed by atoms with van der Waals surface area (Å²) in [5.74, 6) is -0.407. The van der Waals surface area contributed by atoms with Crippen molar-refractivity contribution in [3.05, 3.63) is 55.9 Å². The lowest BCUT2D eigenvalue weighted by atomic mass is 10.0. The maximum Gasteiger partial charge on any atom is 0.142 e.